The molecular formula is C24H26FN3. The molecule has 0 aliphatic rings. The lowest BCUT2D eigenvalue weighted by Gasteiger charge is -2.18. The van der Waals surface area contributed by atoms with Gasteiger partial charge in [-0.3, -0.25) is 4.99 Å². The van der Waals surface area contributed by atoms with E-state index in [1.54, 1.807) is 13.1 Å². The number of rotatable bonds is 6. The van der Waals surface area contributed by atoms with Crippen molar-refractivity contribution in [1.82, 2.24) is 0 Å². The van der Waals surface area contributed by atoms with Crippen LogP contribution in [0.1, 0.15) is 49.3 Å². The van der Waals surface area contributed by atoms with Gasteiger partial charge in [-0.1, -0.05) is 50.6 Å². The van der Waals surface area contributed by atoms with E-state index in [-0.39, 0.29) is 5.82 Å². The third-order valence-corrected chi connectivity index (χ3v) is 5.25. The Bertz CT molecular complexity index is 1050. The van der Waals surface area contributed by atoms with E-state index in [4.69, 9.17) is 11.1 Å². The number of benzene rings is 3. The Kier molecular flexibility index (Phi) is 5.88. The van der Waals surface area contributed by atoms with Crippen molar-refractivity contribution in [2.45, 2.75) is 32.6 Å². The van der Waals surface area contributed by atoms with Crippen molar-refractivity contribution in [3.05, 3.63) is 71.0 Å². The van der Waals surface area contributed by atoms with Gasteiger partial charge in [0, 0.05) is 30.0 Å². The molecule has 3 nitrogen and oxygen atoms in total. The molecule has 0 aromatic heterocycles. The lowest BCUT2D eigenvalue weighted by molar-refractivity contribution is 0.628. The van der Waals surface area contributed by atoms with Gasteiger partial charge in [0.05, 0.1) is 0 Å². The first-order valence-corrected chi connectivity index (χ1v) is 9.59. The van der Waals surface area contributed by atoms with E-state index >= 15 is 0 Å². The summed E-state index contributed by atoms with van der Waals surface area (Å²) in [6, 6.07) is 14.9. The molecule has 0 aliphatic carbocycles. The second-order valence-corrected chi connectivity index (χ2v) is 7.15. The number of nitrogens with two attached hydrogens (primary N) is 1. The molecular weight excluding hydrogens is 349 g/mol. The Morgan fingerprint density at radius 3 is 2.64 bits per heavy atom. The number of fused-ring (bicyclic) bond motifs is 1. The first-order chi connectivity index (χ1) is 13.5. The highest BCUT2D eigenvalue weighted by Crippen LogP contribution is 2.36. The van der Waals surface area contributed by atoms with Crippen LogP contribution in [0.4, 0.5) is 4.39 Å². The summed E-state index contributed by atoms with van der Waals surface area (Å²) in [4.78, 5) is 4.17. The van der Waals surface area contributed by atoms with Crippen molar-refractivity contribution >= 4 is 22.8 Å². The van der Waals surface area contributed by atoms with Gasteiger partial charge in [0.1, 0.15) is 11.7 Å². The lowest BCUT2D eigenvalue weighted by Crippen LogP contribution is -2.17. The van der Waals surface area contributed by atoms with Gasteiger partial charge in [-0.15, -0.1) is 0 Å². The van der Waals surface area contributed by atoms with Crippen molar-refractivity contribution < 1.29 is 4.39 Å². The predicted octanol–water partition coefficient (Wildman–Crippen LogP) is 5.88. The normalized spacial score (nSPS) is 12.9. The summed E-state index contributed by atoms with van der Waals surface area (Å²) in [5.41, 5.74) is 10.4. The van der Waals surface area contributed by atoms with E-state index in [1.165, 1.54) is 23.9 Å². The third-order valence-electron chi connectivity index (χ3n) is 5.25. The molecule has 0 saturated carbocycles. The number of amidine groups is 1. The zero-order valence-corrected chi connectivity index (χ0v) is 16.6. The number of nitrogens with zero attached hydrogens (tertiary/aromatic N) is 1. The van der Waals surface area contributed by atoms with Gasteiger partial charge < -0.3 is 11.1 Å². The molecule has 3 aromatic carbocycles. The molecule has 3 aromatic rings. The molecule has 1 unspecified atom stereocenters. The van der Waals surface area contributed by atoms with Crippen LogP contribution in [0.3, 0.4) is 0 Å². The highest BCUT2D eigenvalue weighted by atomic mass is 19.1. The Hall–Kier alpha value is -3.01. The van der Waals surface area contributed by atoms with Crippen LogP contribution in [0, 0.1) is 11.2 Å². The average Bonchev–Trinajstić information content (AvgIpc) is 2.71. The summed E-state index contributed by atoms with van der Waals surface area (Å²) in [5, 5.41) is 9.88. The summed E-state index contributed by atoms with van der Waals surface area (Å²) < 4.78 is 14.1. The highest BCUT2D eigenvalue weighted by molar-refractivity contribution is 6.16. The van der Waals surface area contributed by atoms with Crippen molar-refractivity contribution in [2.75, 3.05) is 7.05 Å². The van der Waals surface area contributed by atoms with Gasteiger partial charge in [-0.25, -0.2) is 4.39 Å². The second kappa shape index (κ2) is 8.34. The molecule has 28 heavy (non-hydrogen) atoms. The summed E-state index contributed by atoms with van der Waals surface area (Å²) in [5.74, 6) is 0.462. The largest absolute Gasteiger partial charge is 0.383 e. The van der Waals surface area contributed by atoms with Crippen LogP contribution in [0.2, 0.25) is 0 Å². The van der Waals surface area contributed by atoms with E-state index in [0.29, 0.717) is 22.9 Å². The maximum Gasteiger partial charge on any atom is 0.126 e. The smallest absolute Gasteiger partial charge is 0.126 e. The van der Waals surface area contributed by atoms with Gasteiger partial charge in [-0.05, 0) is 52.4 Å². The van der Waals surface area contributed by atoms with Crippen LogP contribution in [0.5, 0.6) is 0 Å². The molecule has 0 aliphatic heterocycles. The fraction of sp³-hybridized carbons (Fsp3) is 0.250. The van der Waals surface area contributed by atoms with E-state index in [1.807, 2.05) is 12.1 Å². The third kappa shape index (κ3) is 3.68. The minimum absolute atomic E-state index is 0.306. The van der Waals surface area contributed by atoms with Crippen LogP contribution in [0.15, 0.2) is 53.5 Å². The van der Waals surface area contributed by atoms with Crippen molar-refractivity contribution in [3.63, 3.8) is 0 Å². The highest BCUT2D eigenvalue weighted by Gasteiger charge is 2.18. The van der Waals surface area contributed by atoms with Gasteiger partial charge in [-0.2, -0.15) is 0 Å². The minimum Gasteiger partial charge on any atom is -0.383 e. The minimum atomic E-state index is -0.306. The van der Waals surface area contributed by atoms with E-state index < -0.39 is 0 Å². The lowest BCUT2D eigenvalue weighted by atomic mass is 9.86. The average molecular weight is 375 g/mol. The Labute approximate surface area is 165 Å². The molecule has 144 valence electrons. The quantitative estimate of drug-likeness (QED) is 0.410. The van der Waals surface area contributed by atoms with Gasteiger partial charge in [0.25, 0.3) is 0 Å². The summed E-state index contributed by atoms with van der Waals surface area (Å²) >= 11 is 0. The maximum absolute atomic E-state index is 14.1. The fourth-order valence-corrected chi connectivity index (χ4v) is 3.79. The maximum atomic E-state index is 14.1. The van der Waals surface area contributed by atoms with Crippen molar-refractivity contribution in [1.29, 1.82) is 5.41 Å². The summed E-state index contributed by atoms with van der Waals surface area (Å²) in [6.45, 7) is 4.41. The van der Waals surface area contributed by atoms with Crippen molar-refractivity contribution in [3.8, 4) is 11.1 Å². The fourth-order valence-electron chi connectivity index (χ4n) is 3.79. The first-order valence-electron chi connectivity index (χ1n) is 9.59. The zero-order chi connectivity index (χ0) is 20.3. The summed E-state index contributed by atoms with van der Waals surface area (Å²) in [7, 11) is 1.63. The number of hydrogen-bond donors (Lipinski definition) is 2. The van der Waals surface area contributed by atoms with Crippen LogP contribution in [0.25, 0.3) is 21.9 Å². The van der Waals surface area contributed by atoms with Crippen LogP contribution in [-0.2, 0) is 0 Å². The molecule has 0 heterocycles. The molecule has 0 amide bonds. The molecule has 0 bridgehead atoms. The monoisotopic (exact) mass is 375 g/mol. The van der Waals surface area contributed by atoms with E-state index in [0.717, 1.165) is 34.7 Å². The number of hydrogen-bond acceptors (Lipinski definition) is 2. The number of halogens is 1. The van der Waals surface area contributed by atoms with Gasteiger partial charge in [0.2, 0.25) is 0 Å². The zero-order valence-electron chi connectivity index (χ0n) is 16.6. The van der Waals surface area contributed by atoms with Crippen LogP contribution < -0.4 is 5.73 Å². The molecule has 0 fully saturated rings. The van der Waals surface area contributed by atoms with Crippen LogP contribution >= 0.6 is 0 Å². The SMILES string of the molecule is CCCC(C)c1ccc2cc(C=N)c(C(N)=NC)c(-c3cccc(F)c3)c2c1. The number of aliphatic imine (C=N–C) groups is 1. The first kappa shape index (κ1) is 19.7. The second-order valence-electron chi connectivity index (χ2n) is 7.15. The predicted molar refractivity (Wildman–Crippen MR) is 117 cm³/mol. The summed E-state index contributed by atoms with van der Waals surface area (Å²) in [6.07, 6.45) is 3.50. The molecule has 3 N–H and O–H groups in total. The molecule has 0 saturated heterocycles. The van der Waals surface area contributed by atoms with Crippen LogP contribution in [-0.4, -0.2) is 19.1 Å². The van der Waals surface area contributed by atoms with Crippen molar-refractivity contribution in [2.24, 2.45) is 10.7 Å². The van der Waals surface area contributed by atoms with Gasteiger partial charge in [0.15, 0.2) is 0 Å². The topological polar surface area (TPSA) is 62.2 Å². The van der Waals surface area contributed by atoms with E-state index in [9.17, 15) is 4.39 Å². The Balaban J connectivity index is 2.44. The van der Waals surface area contributed by atoms with Gasteiger partial charge >= 0.3 is 0 Å². The molecule has 3 rings (SSSR count). The standard InChI is InChI=1S/C24H26FN3/c1-4-6-15(2)16-9-10-17-11-19(14-26)23(24(27)28-3)22(21(17)13-16)18-7-5-8-20(25)12-18/h5,7-15,26H,4,6H2,1-3H3,(H2,27,28). The molecule has 0 spiro atoms. The Morgan fingerprint density at radius 1 is 1.21 bits per heavy atom. The van der Waals surface area contributed by atoms with E-state index in [2.05, 4.69) is 37.0 Å². The Morgan fingerprint density at radius 2 is 2.00 bits per heavy atom. The molecule has 1 atom stereocenters. The molecule has 4 heteroatoms. The number of nitrogens with one attached hydrogen (secondary N) is 1. The molecule has 0 radical (unpaired) electrons.